The van der Waals surface area contributed by atoms with Crippen molar-refractivity contribution in [2.24, 2.45) is 0 Å². The topological polar surface area (TPSA) is 32.8 Å². The smallest absolute Gasteiger partial charge is 0.260 e. The van der Waals surface area contributed by atoms with Crippen LogP contribution in [-0.4, -0.2) is 54.5 Å². The fourth-order valence-electron chi connectivity index (χ4n) is 4.19. The third-order valence-electron chi connectivity index (χ3n) is 5.87. The van der Waals surface area contributed by atoms with Crippen molar-refractivity contribution < 1.29 is 9.53 Å². The molecule has 4 nitrogen and oxygen atoms in total. The lowest BCUT2D eigenvalue weighted by molar-refractivity contribution is -0.137. The zero-order valence-electron chi connectivity index (χ0n) is 16.3. The molecule has 26 heavy (non-hydrogen) atoms. The van der Waals surface area contributed by atoms with Gasteiger partial charge < -0.3 is 14.5 Å². The van der Waals surface area contributed by atoms with Crippen LogP contribution < -0.4 is 4.74 Å². The molecule has 1 aromatic rings. The number of piperidine rings is 2. The van der Waals surface area contributed by atoms with Gasteiger partial charge in [-0.1, -0.05) is 25.5 Å². The normalized spacial score (nSPS) is 21.6. The number of hydrogen-bond acceptors (Lipinski definition) is 3. The van der Waals surface area contributed by atoms with Gasteiger partial charge in [-0.05, 0) is 75.7 Å². The number of ether oxygens (including phenoxy) is 1. The summed E-state index contributed by atoms with van der Waals surface area (Å²) in [6.07, 6.45) is 9.68. The van der Waals surface area contributed by atoms with E-state index in [0.717, 1.165) is 44.5 Å². The summed E-state index contributed by atoms with van der Waals surface area (Å²) in [6, 6.07) is 8.47. The number of carbonyl (C=O) groups is 1. The Kier molecular flexibility index (Phi) is 7.36. The maximum absolute atomic E-state index is 12.7. The Morgan fingerprint density at radius 1 is 1.04 bits per heavy atom. The molecule has 1 unspecified atom stereocenters. The van der Waals surface area contributed by atoms with Gasteiger partial charge in [-0.2, -0.15) is 0 Å². The van der Waals surface area contributed by atoms with Crippen LogP contribution in [0.25, 0.3) is 0 Å². The van der Waals surface area contributed by atoms with E-state index in [1.54, 1.807) is 0 Å². The van der Waals surface area contributed by atoms with Gasteiger partial charge in [-0.3, -0.25) is 4.79 Å². The minimum Gasteiger partial charge on any atom is -0.484 e. The second-order valence-electron chi connectivity index (χ2n) is 7.71. The number of benzene rings is 1. The summed E-state index contributed by atoms with van der Waals surface area (Å²) in [5.74, 6) is 0.935. The van der Waals surface area contributed by atoms with Gasteiger partial charge in [0.1, 0.15) is 5.75 Å². The van der Waals surface area contributed by atoms with Crippen molar-refractivity contribution in [3.63, 3.8) is 0 Å². The first-order valence-electron chi connectivity index (χ1n) is 10.5. The molecule has 2 heterocycles. The molecular formula is C22H34N2O2. The molecular weight excluding hydrogens is 324 g/mol. The van der Waals surface area contributed by atoms with Crippen LogP contribution in [0.3, 0.4) is 0 Å². The number of nitrogens with zero attached hydrogens (tertiary/aromatic N) is 2. The van der Waals surface area contributed by atoms with Gasteiger partial charge in [-0.25, -0.2) is 0 Å². The molecule has 0 N–H and O–H groups in total. The van der Waals surface area contributed by atoms with E-state index in [-0.39, 0.29) is 12.5 Å². The first-order valence-corrected chi connectivity index (χ1v) is 10.5. The molecule has 1 aromatic carbocycles. The molecule has 0 aromatic heterocycles. The van der Waals surface area contributed by atoms with E-state index < -0.39 is 0 Å². The zero-order chi connectivity index (χ0) is 18.2. The van der Waals surface area contributed by atoms with Crippen LogP contribution in [0.4, 0.5) is 0 Å². The molecule has 2 aliphatic heterocycles. The second-order valence-corrected chi connectivity index (χ2v) is 7.71. The number of carbonyl (C=O) groups excluding carboxylic acids is 1. The first-order chi connectivity index (χ1) is 12.8. The minimum atomic E-state index is 0.146. The lowest BCUT2D eigenvalue weighted by atomic mass is 9.98. The number of rotatable bonds is 7. The molecule has 1 amide bonds. The SMILES string of the molecule is CCc1ccc(OCC(=O)N2CCCCC2CCN2CCCCC2)cc1. The lowest BCUT2D eigenvalue weighted by Crippen LogP contribution is -2.47. The fourth-order valence-corrected chi connectivity index (χ4v) is 4.19. The van der Waals surface area contributed by atoms with Crippen LogP contribution in [0, 0.1) is 0 Å². The van der Waals surface area contributed by atoms with Gasteiger partial charge in [0.15, 0.2) is 6.61 Å². The van der Waals surface area contributed by atoms with Crippen LogP contribution in [0.5, 0.6) is 5.75 Å². The predicted molar refractivity (Wildman–Crippen MR) is 106 cm³/mol. The summed E-state index contributed by atoms with van der Waals surface area (Å²) in [5.41, 5.74) is 1.29. The van der Waals surface area contributed by atoms with Gasteiger partial charge in [0, 0.05) is 19.1 Å². The molecule has 0 radical (unpaired) electrons. The number of amides is 1. The Hall–Kier alpha value is -1.55. The van der Waals surface area contributed by atoms with Crippen LogP contribution in [0.2, 0.25) is 0 Å². The maximum atomic E-state index is 12.7. The van der Waals surface area contributed by atoms with Crippen LogP contribution >= 0.6 is 0 Å². The average molecular weight is 359 g/mol. The first kappa shape index (κ1) is 19.2. The van der Waals surface area contributed by atoms with Crippen molar-refractivity contribution in [2.45, 2.75) is 64.3 Å². The van der Waals surface area contributed by atoms with Crippen LogP contribution in [-0.2, 0) is 11.2 Å². The molecule has 2 saturated heterocycles. The van der Waals surface area contributed by atoms with E-state index in [1.165, 1.54) is 44.3 Å². The summed E-state index contributed by atoms with van der Waals surface area (Å²) in [4.78, 5) is 17.4. The highest BCUT2D eigenvalue weighted by molar-refractivity contribution is 5.78. The zero-order valence-corrected chi connectivity index (χ0v) is 16.3. The van der Waals surface area contributed by atoms with Crippen molar-refractivity contribution >= 4 is 5.91 Å². The highest BCUT2D eigenvalue weighted by atomic mass is 16.5. The van der Waals surface area contributed by atoms with E-state index in [0.29, 0.717) is 6.04 Å². The molecule has 4 heteroatoms. The molecule has 144 valence electrons. The molecule has 0 saturated carbocycles. The van der Waals surface area contributed by atoms with Crippen LogP contribution in [0.1, 0.15) is 57.4 Å². The molecule has 0 bridgehead atoms. The third kappa shape index (κ3) is 5.47. The summed E-state index contributed by atoms with van der Waals surface area (Å²) in [7, 11) is 0. The summed E-state index contributed by atoms with van der Waals surface area (Å²) in [6.45, 7) is 6.79. The number of aryl methyl sites for hydroxylation is 1. The van der Waals surface area contributed by atoms with Crippen molar-refractivity contribution in [3.05, 3.63) is 29.8 Å². The summed E-state index contributed by atoms with van der Waals surface area (Å²) < 4.78 is 5.76. The van der Waals surface area contributed by atoms with Crippen molar-refractivity contribution in [1.29, 1.82) is 0 Å². The van der Waals surface area contributed by atoms with E-state index >= 15 is 0 Å². The van der Waals surface area contributed by atoms with Crippen LogP contribution in [0.15, 0.2) is 24.3 Å². The monoisotopic (exact) mass is 358 g/mol. The van der Waals surface area contributed by atoms with E-state index in [1.807, 2.05) is 12.1 Å². The Labute approximate surface area is 158 Å². The minimum absolute atomic E-state index is 0.146. The van der Waals surface area contributed by atoms with Crippen molar-refractivity contribution in [3.8, 4) is 5.75 Å². The lowest BCUT2D eigenvalue weighted by Gasteiger charge is -2.37. The highest BCUT2D eigenvalue weighted by Gasteiger charge is 2.27. The van der Waals surface area contributed by atoms with Crippen molar-refractivity contribution in [1.82, 2.24) is 9.80 Å². The van der Waals surface area contributed by atoms with Gasteiger partial charge in [0.2, 0.25) is 0 Å². The molecule has 3 rings (SSSR count). The standard InChI is InChI=1S/C22H34N2O2/c1-2-19-9-11-21(12-10-19)26-18-22(25)24-16-7-4-8-20(24)13-17-23-14-5-3-6-15-23/h9-12,20H,2-8,13-18H2,1H3. The Bertz CT molecular complexity index is 552. The van der Waals surface area contributed by atoms with Gasteiger partial charge in [0.05, 0.1) is 0 Å². The Morgan fingerprint density at radius 2 is 1.77 bits per heavy atom. The molecule has 2 aliphatic rings. The second kappa shape index (κ2) is 9.96. The van der Waals surface area contributed by atoms with Gasteiger partial charge >= 0.3 is 0 Å². The van der Waals surface area contributed by atoms with Gasteiger partial charge in [-0.15, -0.1) is 0 Å². The highest BCUT2D eigenvalue weighted by Crippen LogP contribution is 2.22. The summed E-state index contributed by atoms with van der Waals surface area (Å²) in [5, 5.41) is 0. The van der Waals surface area contributed by atoms with E-state index in [9.17, 15) is 4.79 Å². The fraction of sp³-hybridized carbons (Fsp3) is 0.682. The quantitative estimate of drug-likeness (QED) is 0.741. The Morgan fingerprint density at radius 3 is 2.50 bits per heavy atom. The van der Waals surface area contributed by atoms with E-state index in [2.05, 4.69) is 28.9 Å². The van der Waals surface area contributed by atoms with Gasteiger partial charge in [0.25, 0.3) is 5.91 Å². The van der Waals surface area contributed by atoms with E-state index in [4.69, 9.17) is 4.74 Å². The predicted octanol–water partition coefficient (Wildman–Crippen LogP) is 3.88. The molecule has 2 fully saturated rings. The van der Waals surface area contributed by atoms with Crippen molar-refractivity contribution in [2.75, 3.05) is 32.8 Å². The molecule has 0 aliphatic carbocycles. The molecule has 0 spiro atoms. The molecule has 1 atom stereocenters. The maximum Gasteiger partial charge on any atom is 0.260 e. The summed E-state index contributed by atoms with van der Waals surface area (Å²) >= 11 is 0. The number of hydrogen-bond donors (Lipinski definition) is 0. The number of likely N-dealkylation sites (tertiary alicyclic amines) is 2. The average Bonchev–Trinajstić information content (AvgIpc) is 2.72. The largest absolute Gasteiger partial charge is 0.484 e. The Balaban J connectivity index is 1.48. The third-order valence-corrected chi connectivity index (χ3v) is 5.87.